The minimum Gasteiger partial charge on any atom is -0.484 e. The van der Waals surface area contributed by atoms with Gasteiger partial charge in [-0.3, -0.25) is 4.79 Å². The number of carbonyl (C=O) groups is 1. The summed E-state index contributed by atoms with van der Waals surface area (Å²) in [5.41, 5.74) is 1.04. The van der Waals surface area contributed by atoms with E-state index in [1.54, 1.807) is 0 Å². The van der Waals surface area contributed by atoms with Crippen LogP contribution in [0, 0.1) is 11.6 Å². The molecule has 0 atom stereocenters. The maximum atomic E-state index is 13.7. The van der Waals surface area contributed by atoms with E-state index in [1.165, 1.54) is 4.57 Å². The Hall–Kier alpha value is -3.92. The van der Waals surface area contributed by atoms with Gasteiger partial charge in [-0.25, -0.2) is 18.6 Å². The van der Waals surface area contributed by atoms with Crippen molar-refractivity contribution in [3.63, 3.8) is 0 Å². The van der Waals surface area contributed by atoms with Crippen LogP contribution in [0.1, 0.15) is 18.5 Å². The molecule has 0 bridgehead atoms. The number of nitrogens with zero attached hydrogens (tertiary/aromatic N) is 5. The van der Waals surface area contributed by atoms with Gasteiger partial charge < -0.3 is 29.4 Å². The lowest BCUT2D eigenvalue weighted by Crippen LogP contribution is -2.43. The van der Waals surface area contributed by atoms with E-state index >= 15 is 0 Å². The van der Waals surface area contributed by atoms with Crippen molar-refractivity contribution in [2.45, 2.75) is 38.1 Å². The maximum absolute atomic E-state index is 13.7. The normalized spacial score (nSPS) is 15.9. The lowest BCUT2D eigenvalue weighted by molar-refractivity contribution is -0.192. The highest BCUT2D eigenvalue weighted by Crippen LogP contribution is 2.26. The van der Waals surface area contributed by atoms with Crippen molar-refractivity contribution in [1.82, 2.24) is 30.0 Å². The number of rotatable bonds is 6. The van der Waals surface area contributed by atoms with E-state index < -0.39 is 23.8 Å². The second-order valence-electron chi connectivity index (χ2n) is 9.00. The molecule has 5 rings (SSSR count). The summed E-state index contributed by atoms with van der Waals surface area (Å²) in [4.78, 5) is 27.4. The highest BCUT2D eigenvalue weighted by molar-refractivity contribution is 5.74. The average molecular weight is 572 g/mol. The summed E-state index contributed by atoms with van der Waals surface area (Å²) in [7, 11) is 0. The third kappa shape index (κ3) is 7.38. The van der Waals surface area contributed by atoms with Crippen LogP contribution in [0.3, 0.4) is 0 Å². The van der Waals surface area contributed by atoms with Crippen LogP contribution in [-0.4, -0.2) is 80.8 Å². The first-order valence-electron chi connectivity index (χ1n) is 12.2. The number of aliphatic carboxylic acids is 1. The Balaban J connectivity index is 0.000000470. The van der Waals surface area contributed by atoms with E-state index in [0.717, 1.165) is 50.0 Å². The summed E-state index contributed by atoms with van der Waals surface area (Å²) in [6.07, 6.45) is -2.04. The summed E-state index contributed by atoms with van der Waals surface area (Å²) in [6, 6.07) is 4.26. The molecule has 2 N–H and O–H groups in total. The van der Waals surface area contributed by atoms with Gasteiger partial charge in [0, 0.05) is 43.9 Å². The standard InChI is InChI=1S/C22H24F2N6O3.C2HF3O2/c23-16-10-18-19(11-17(16)24)30(21(31)13-26-18)6-5-29-3-1-14(2-4-29)25-12-15-9-20-22(28-27-15)33-8-7-32-20;3-2(4,5)1(6)7/h9-11,13-14,25H,1-8,12H2;(H,6,7). The molecular weight excluding hydrogens is 547 g/mol. The van der Waals surface area contributed by atoms with E-state index in [1.807, 2.05) is 6.07 Å². The molecule has 216 valence electrons. The fourth-order valence-electron chi connectivity index (χ4n) is 4.22. The zero-order valence-electron chi connectivity index (χ0n) is 21.0. The van der Waals surface area contributed by atoms with Crippen LogP contribution < -0.4 is 20.3 Å². The van der Waals surface area contributed by atoms with Gasteiger partial charge in [0.2, 0.25) is 0 Å². The summed E-state index contributed by atoms with van der Waals surface area (Å²) >= 11 is 0. The Morgan fingerprint density at radius 3 is 2.42 bits per heavy atom. The molecular formula is C24H25F5N6O5. The Bertz CT molecular complexity index is 1410. The van der Waals surface area contributed by atoms with Gasteiger partial charge in [0.05, 0.1) is 22.9 Å². The third-order valence-electron chi connectivity index (χ3n) is 6.29. The SMILES string of the molecule is O=C(O)C(F)(F)F.O=c1cnc2cc(F)c(F)cc2n1CCN1CCC(NCc2cc3c(nn2)OCCO3)CC1. The highest BCUT2D eigenvalue weighted by atomic mass is 19.4. The number of ether oxygens (including phenoxy) is 2. The van der Waals surface area contributed by atoms with Crippen LogP contribution in [0.5, 0.6) is 11.6 Å². The van der Waals surface area contributed by atoms with E-state index in [-0.39, 0.29) is 11.1 Å². The number of carboxylic acid groups (broad SMARTS) is 1. The van der Waals surface area contributed by atoms with Crippen molar-refractivity contribution in [2.24, 2.45) is 0 Å². The summed E-state index contributed by atoms with van der Waals surface area (Å²) < 4.78 is 71.4. The lowest BCUT2D eigenvalue weighted by atomic mass is 10.0. The number of hydrogen-bond acceptors (Lipinski definition) is 9. The van der Waals surface area contributed by atoms with E-state index in [9.17, 15) is 26.7 Å². The number of alkyl halides is 3. The molecule has 1 aromatic carbocycles. The van der Waals surface area contributed by atoms with Gasteiger partial charge >= 0.3 is 12.1 Å². The first kappa shape index (κ1) is 29.1. The zero-order valence-corrected chi connectivity index (χ0v) is 21.0. The minimum atomic E-state index is -5.08. The number of likely N-dealkylation sites (tertiary alicyclic amines) is 1. The van der Waals surface area contributed by atoms with Gasteiger partial charge in [-0.15, -0.1) is 5.10 Å². The molecule has 16 heteroatoms. The van der Waals surface area contributed by atoms with Gasteiger partial charge in [-0.1, -0.05) is 0 Å². The number of hydrogen-bond donors (Lipinski definition) is 2. The second kappa shape index (κ2) is 12.5. The zero-order chi connectivity index (χ0) is 28.9. The maximum Gasteiger partial charge on any atom is 0.490 e. The monoisotopic (exact) mass is 572 g/mol. The molecule has 0 spiro atoms. The number of piperidine rings is 1. The smallest absolute Gasteiger partial charge is 0.484 e. The van der Waals surface area contributed by atoms with Crippen LogP contribution in [0.4, 0.5) is 22.0 Å². The molecule has 1 saturated heterocycles. The molecule has 11 nitrogen and oxygen atoms in total. The fourth-order valence-corrected chi connectivity index (χ4v) is 4.22. The summed E-state index contributed by atoms with van der Waals surface area (Å²) in [6.45, 7) is 4.34. The van der Waals surface area contributed by atoms with Gasteiger partial charge in [-0.2, -0.15) is 18.3 Å². The molecule has 4 heterocycles. The van der Waals surface area contributed by atoms with Crippen molar-refractivity contribution in [1.29, 1.82) is 0 Å². The predicted octanol–water partition coefficient (Wildman–Crippen LogP) is 2.12. The van der Waals surface area contributed by atoms with Gasteiger partial charge in [-0.05, 0) is 25.9 Å². The van der Waals surface area contributed by atoms with Crippen LogP contribution in [0.15, 0.2) is 29.2 Å². The molecule has 2 aliphatic rings. The number of aromatic nitrogens is 4. The number of halogens is 5. The molecule has 0 unspecified atom stereocenters. The van der Waals surface area contributed by atoms with Crippen molar-refractivity contribution in [2.75, 3.05) is 32.8 Å². The van der Waals surface area contributed by atoms with Crippen LogP contribution in [0.2, 0.25) is 0 Å². The second-order valence-corrected chi connectivity index (χ2v) is 9.00. The lowest BCUT2D eigenvalue weighted by Gasteiger charge is -2.32. The number of benzene rings is 1. The van der Waals surface area contributed by atoms with Crippen LogP contribution >= 0.6 is 0 Å². The van der Waals surface area contributed by atoms with Crippen molar-refractivity contribution in [3.8, 4) is 11.6 Å². The van der Waals surface area contributed by atoms with Crippen molar-refractivity contribution >= 4 is 17.0 Å². The van der Waals surface area contributed by atoms with E-state index in [2.05, 4.69) is 25.4 Å². The molecule has 0 amide bonds. The topological polar surface area (TPSA) is 132 Å². The van der Waals surface area contributed by atoms with Crippen molar-refractivity contribution in [3.05, 3.63) is 52.1 Å². The Morgan fingerprint density at radius 1 is 1.05 bits per heavy atom. The van der Waals surface area contributed by atoms with Crippen LogP contribution in [0.25, 0.3) is 11.0 Å². The molecule has 0 radical (unpaired) electrons. The Kier molecular flexibility index (Phi) is 9.09. The molecule has 40 heavy (non-hydrogen) atoms. The van der Waals surface area contributed by atoms with Gasteiger partial charge in [0.15, 0.2) is 17.4 Å². The number of carboxylic acids is 1. The summed E-state index contributed by atoms with van der Waals surface area (Å²) in [5.74, 6) is -3.65. The number of fused-ring (bicyclic) bond motifs is 2. The third-order valence-corrected chi connectivity index (χ3v) is 6.29. The minimum absolute atomic E-state index is 0.263. The molecule has 2 aromatic heterocycles. The van der Waals surface area contributed by atoms with Gasteiger partial charge in [0.1, 0.15) is 13.2 Å². The molecule has 0 aliphatic carbocycles. The average Bonchev–Trinajstić information content (AvgIpc) is 2.93. The van der Waals surface area contributed by atoms with Gasteiger partial charge in [0.25, 0.3) is 11.4 Å². The van der Waals surface area contributed by atoms with E-state index in [0.29, 0.717) is 56.0 Å². The van der Waals surface area contributed by atoms with Crippen molar-refractivity contribution < 1.29 is 41.3 Å². The quantitative estimate of drug-likeness (QED) is 0.424. The summed E-state index contributed by atoms with van der Waals surface area (Å²) in [5, 5.41) is 18.9. The first-order chi connectivity index (χ1) is 19.0. The highest BCUT2D eigenvalue weighted by Gasteiger charge is 2.38. The fraction of sp³-hybridized carbons (Fsp3) is 0.458. The number of nitrogens with one attached hydrogen (secondary N) is 1. The predicted molar refractivity (Wildman–Crippen MR) is 129 cm³/mol. The molecule has 1 fully saturated rings. The molecule has 3 aromatic rings. The van der Waals surface area contributed by atoms with E-state index in [4.69, 9.17) is 19.4 Å². The first-order valence-corrected chi connectivity index (χ1v) is 12.2. The largest absolute Gasteiger partial charge is 0.490 e. The molecule has 0 saturated carbocycles. The Labute approximate surface area is 223 Å². The van der Waals surface area contributed by atoms with Crippen LogP contribution in [-0.2, 0) is 17.9 Å². The molecule has 2 aliphatic heterocycles. The Morgan fingerprint density at radius 2 is 1.73 bits per heavy atom.